The summed E-state index contributed by atoms with van der Waals surface area (Å²) in [4.78, 5) is 14.4. The molecule has 0 N–H and O–H groups in total. The number of alkyl halides is 4. The van der Waals surface area contributed by atoms with Crippen LogP contribution in [0.4, 0.5) is 23.4 Å². The first-order valence-electron chi connectivity index (χ1n) is 8.53. The Morgan fingerprint density at radius 1 is 1.11 bits per heavy atom. The number of halogens is 4. The Morgan fingerprint density at radius 3 is 2.74 bits per heavy atom. The van der Waals surface area contributed by atoms with E-state index in [2.05, 4.69) is 20.1 Å². The van der Waals surface area contributed by atoms with Crippen molar-refractivity contribution in [2.75, 3.05) is 18.0 Å². The van der Waals surface area contributed by atoms with Crippen molar-refractivity contribution in [3.05, 3.63) is 36.4 Å². The number of piperidine rings is 1. The number of imidazole rings is 1. The predicted molar refractivity (Wildman–Crippen MR) is 87.7 cm³/mol. The molecule has 3 aromatic heterocycles. The third kappa shape index (κ3) is 2.54. The summed E-state index contributed by atoms with van der Waals surface area (Å²) >= 11 is 0. The molecule has 10 heteroatoms. The van der Waals surface area contributed by atoms with Gasteiger partial charge in [0.2, 0.25) is 0 Å². The molecule has 1 saturated carbocycles. The van der Waals surface area contributed by atoms with Gasteiger partial charge >= 0.3 is 0 Å². The summed E-state index contributed by atoms with van der Waals surface area (Å²) in [6, 6.07) is 4.34. The van der Waals surface area contributed by atoms with E-state index in [9.17, 15) is 17.6 Å². The van der Waals surface area contributed by atoms with Gasteiger partial charge in [-0.3, -0.25) is 0 Å². The van der Waals surface area contributed by atoms with Crippen LogP contribution < -0.4 is 4.90 Å². The molecule has 2 aliphatic rings. The van der Waals surface area contributed by atoms with Crippen molar-refractivity contribution >= 4 is 11.5 Å². The van der Waals surface area contributed by atoms with Crippen molar-refractivity contribution in [1.29, 1.82) is 0 Å². The number of aromatic nitrogens is 5. The van der Waals surface area contributed by atoms with Gasteiger partial charge in [-0.25, -0.2) is 37.0 Å². The third-order valence-corrected chi connectivity index (χ3v) is 5.34. The minimum atomic E-state index is -2.70. The average Bonchev–Trinajstić information content (AvgIpc) is 3.02. The van der Waals surface area contributed by atoms with Crippen LogP contribution in [0, 0.1) is 11.8 Å². The van der Waals surface area contributed by atoms with Crippen LogP contribution in [-0.4, -0.2) is 43.6 Å². The number of fused-ring (bicyclic) bond motifs is 2. The molecule has 140 valence electrons. The molecule has 0 aromatic carbocycles. The average molecular weight is 378 g/mol. The first-order valence-corrected chi connectivity index (χ1v) is 8.53. The Hall–Kier alpha value is -2.78. The molecule has 3 aromatic rings. The lowest BCUT2D eigenvalue weighted by Gasteiger charge is -2.26. The Balaban J connectivity index is 1.49. The number of hydrogen-bond acceptors (Lipinski definition) is 5. The predicted octanol–water partition coefficient (Wildman–Crippen LogP) is 3.22. The van der Waals surface area contributed by atoms with Crippen LogP contribution in [0.1, 0.15) is 18.5 Å². The molecule has 0 bridgehead atoms. The molecule has 0 spiro atoms. The van der Waals surface area contributed by atoms with E-state index < -0.39 is 24.2 Å². The Morgan fingerprint density at radius 2 is 1.96 bits per heavy atom. The van der Waals surface area contributed by atoms with E-state index in [1.807, 2.05) is 4.90 Å². The zero-order valence-electron chi connectivity index (χ0n) is 13.9. The number of hydrogen-bond donors (Lipinski definition) is 0. The van der Waals surface area contributed by atoms with Crippen LogP contribution in [0.5, 0.6) is 0 Å². The van der Waals surface area contributed by atoms with Gasteiger partial charge in [-0.2, -0.15) is 5.10 Å². The standard InChI is InChI=1S/C17H14F4N6/c18-16(19)11-1-2-14-22-6-13(27(14)25-11)12-5-15(24-8-23-12)26-4-3-9-10(7-26)17(9,20)21/h1-2,5-6,8-10,16H,3-4,7H2. The summed E-state index contributed by atoms with van der Waals surface area (Å²) in [6.07, 6.45) is 0.543. The van der Waals surface area contributed by atoms with Crippen LogP contribution in [0.2, 0.25) is 0 Å². The molecule has 1 aliphatic carbocycles. The lowest BCUT2D eigenvalue weighted by Crippen LogP contribution is -2.32. The monoisotopic (exact) mass is 378 g/mol. The fourth-order valence-electron chi connectivity index (χ4n) is 3.77. The summed E-state index contributed by atoms with van der Waals surface area (Å²) in [6.45, 7) is 0.739. The highest BCUT2D eigenvalue weighted by Gasteiger charge is 2.69. The minimum absolute atomic E-state index is 0.245. The van der Waals surface area contributed by atoms with Gasteiger partial charge in [-0.15, -0.1) is 0 Å². The SMILES string of the molecule is FC(F)c1ccc2ncc(-c3cc(N4CCC5C(C4)C5(F)F)ncn3)n2n1. The molecule has 2 atom stereocenters. The van der Waals surface area contributed by atoms with Crippen LogP contribution in [-0.2, 0) is 0 Å². The topological polar surface area (TPSA) is 59.2 Å². The van der Waals surface area contributed by atoms with Crippen molar-refractivity contribution < 1.29 is 17.6 Å². The highest BCUT2D eigenvalue weighted by atomic mass is 19.3. The molecule has 4 heterocycles. The molecule has 5 rings (SSSR count). The van der Waals surface area contributed by atoms with Gasteiger partial charge in [0, 0.05) is 31.0 Å². The van der Waals surface area contributed by atoms with Gasteiger partial charge in [0.15, 0.2) is 5.65 Å². The fraction of sp³-hybridized carbons (Fsp3) is 0.412. The van der Waals surface area contributed by atoms with Gasteiger partial charge in [0.05, 0.1) is 11.9 Å². The first kappa shape index (κ1) is 16.4. The lowest BCUT2D eigenvalue weighted by molar-refractivity contribution is 0.0870. The molecule has 1 saturated heterocycles. The summed E-state index contributed by atoms with van der Waals surface area (Å²) in [5.41, 5.74) is 0.918. The molecule has 1 aliphatic heterocycles. The minimum Gasteiger partial charge on any atom is -0.356 e. The summed E-state index contributed by atoms with van der Waals surface area (Å²) in [7, 11) is 0. The second-order valence-corrected chi connectivity index (χ2v) is 6.86. The molecular weight excluding hydrogens is 364 g/mol. The van der Waals surface area contributed by atoms with Crippen molar-refractivity contribution in [3.63, 3.8) is 0 Å². The maximum Gasteiger partial charge on any atom is 0.282 e. The van der Waals surface area contributed by atoms with Gasteiger partial charge < -0.3 is 4.90 Å². The molecule has 2 unspecified atom stereocenters. The van der Waals surface area contributed by atoms with E-state index in [1.165, 1.54) is 29.2 Å². The molecule has 6 nitrogen and oxygen atoms in total. The normalized spacial score (nSPS) is 23.7. The summed E-state index contributed by atoms with van der Waals surface area (Å²) < 4.78 is 54.5. The van der Waals surface area contributed by atoms with E-state index in [4.69, 9.17) is 0 Å². The second-order valence-electron chi connectivity index (χ2n) is 6.86. The molecule has 0 amide bonds. The second kappa shape index (κ2) is 5.61. The van der Waals surface area contributed by atoms with Gasteiger partial charge in [0.1, 0.15) is 23.5 Å². The first-order chi connectivity index (χ1) is 12.9. The smallest absolute Gasteiger partial charge is 0.282 e. The van der Waals surface area contributed by atoms with E-state index in [-0.39, 0.29) is 12.2 Å². The van der Waals surface area contributed by atoms with Crippen molar-refractivity contribution in [2.45, 2.75) is 18.8 Å². The Labute approximate surface area is 150 Å². The van der Waals surface area contributed by atoms with Crippen molar-refractivity contribution in [2.24, 2.45) is 11.8 Å². The van der Waals surface area contributed by atoms with Crippen LogP contribution >= 0.6 is 0 Å². The quantitative estimate of drug-likeness (QED) is 0.655. The van der Waals surface area contributed by atoms with E-state index in [1.54, 1.807) is 6.07 Å². The third-order valence-electron chi connectivity index (χ3n) is 5.34. The van der Waals surface area contributed by atoms with E-state index >= 15 is 0 Å². The molecule has 0 radical (unpaired) electrons. The molecule has 2 fully saturated rings. The van der Waals surface area contributed by atoms with Crippen molar-refractivity contribution in [1.82, 2.24) is 24.6 Å². The maximum absolute atomic E-state index is 13.6. The van der Waals surface area contributed by atoms with Crippen LogP contribution in [0.25, 0.3) is 17.0 Å². The number of nitrogens with zero attached hydrogens (tertiary/aromatic N) is 6. The number of rotatable bonds is 3. The van der Waals surface area contributed by atoms with Crippen molar-refractivity contribution in [3.8, 4) is 11.4 Å². The Kier molecular flexibility index (Phi) is 3.40. The summed E-state index contributed by atoms with van der Waals surface area (Å²) in [5, 5.41) is 3.92. The van der Waals surface area contributed by atoms with Gasteiger partial charge in [-0.05, 0) is 18.6 Å². The largest absolute Gasteiger partial charge is 0.356 e. The highest BCUT2D eigenvalue weighted by molar-refractivity contribution is 5.62. The molecular formula is C17H14F4N6. The zero-order valence-corrected chi connectivity index (χ0v) is 13.9. The summed E-state index contributed by atoms with van der Waals surface area (Å²) in [5.74, 6) is -3.20. The van der Waals surface area contributed by atoms with E-state index in [0.29, 0.717) is 35.8 Å². The van der Waals surface area contributed by atoms with Crippen LogP contribution in [0.3, 0.4) is 0 Å². The van der Waals surface area contributed by atoms with Crippen LogP contribution in [0.15, 0.2) is 30.7 Å². The fourth-order valence-corrected chi connectivity index (χ4v) is 3.77. The van der Waals surface area contributed by atoms with Gasteiger partial charge in [0.25, 0.3) is 12.3 Å². The zero-order chi connectivity index (χ0) is 18.8. The highest BCUT2D eigenvalue weighted by Crippen LogP contribution is 2.59. The lowest BCUT2D eigenvalue weighted by atomic mass is 10.1. The number of anilines is 1. The Bertz CT molecular complexity index is 1020. The van der Waals surface area contributed by atoms with Gasteiger partial charge in [-0.1, -0.05) is 0 Å². The maximum atomic E-state index is 13.6. The van der Waals surface area contributed by atoms with E-state index in [0.717, 1.165) is 0 Å². The molecule has 27 heavy (non-hydrogen) atoms.